The minimum absolute atomic E-state index is 0.277. The van der Waals surface area contributed by atoms with E-state index in [9.17, 15) is 14.4 Å². The summed E-state index contributed by atoms with van der Waals surface area (Å²) in [6.07, 6.45) is -0.838. The van der Waals surface area contributed by atoms with Crippen LogP contribution >= 0.6 is 0 Å². The third-order valence-electron chi connectivity index (χ3n) is 3.87. The van der Waals surface area contributed by atoms with Crippen LogP contribution in [0, 0.1) is 6.92 Å². The number of hydrogen-bond acceptors (Lipinski definition) is 5. The number of hydrogen-bond donors (Lipinski definition) is 3. The smallest absolute Gasteiger partial charge is 0.279 e. The molecule has 2 aromatic carbocycles. The molecule has 8 heteroatoms. The van der Waals surface area contributed by atoms with Gasteiger partial charge in [0, 0.05) is 5.56 Å². The van der Waals surface area contributed by atoms with Gasteiger partial charge in [-0.15, -0.1) is 0 Å². The predicted molar refractivity (Wildman–Crippen MR) is 107 cm³/mol. The van der Waals surface area contributed by atoms with Crippen LogP contribution in [0.1, 0.15) is 29.8 Å². The summed E-state index contributed by atoms with van der Waals surface area (Å²) < 4.78 is 10.9. The third kappa shape index (κ3) is 7.17. The molecule has 1 unspecified atom stereocenters. The summed E-state index contributed by atoms with van der Waals surface area (Å²) >= 11 is 0. The highest BCUT2D eigenvalue weighted by Crippen LogP contribution is 2.18. The number of ether oxygens (including phenoxy) is 2. The highest BCUT2D eigenvalue weighted by atomic mass is 16.5. The van der Waals surface area contributed by atoms with Crippen molar-refractivity contribution in [3.63, 3.8) is 0 Å². The lowest BCUT2D eigenvalue weighted by atomic mass is 10.1. The summed E-state index contributed by atoms with van der Waals surface area (Å²) in [6.45, 7) is 5.64. The van der Waals surface area contributed by atoms with Crippen molar-refractivity contribution in [3.05, 3.63) is 59.7 Å². The van der Waals surface area contributed by atoms with Gasteiger partial charge in [-0.05, 0) is 57.2 Å². The van der Waals surface area contributed by atoms with E-state index >= 15 is 0 Å². The molecule has 0 fully saturated rings. The fourth-order valence-corrected chi connectivity index (χ4v) is 2.28. The molecular formula is C21H25N3O5. The molecule has 0 saturated carbocycles. The average molecular weight is 399 g/mol. The molecule has 0 saturated heterocycles. The van der Waals surface area contributed by atoms with Crippen molar-refractivity contribution in [2.45, 2.75) is 26.9 Å². The predicted octanol–water partition coefficient (Wildman–Crippen LogP) is 1.74. The van der Waals surface area contributed by atoms with Crippen molar-refractivity contribution < 1.29 is 23.9 Å². The van der Waals surface area contributed by atoms with Crippen LogP contribution in [0.4, 0.5) is 0 Å². The van der Waals surface area contributed by atoms with Gasteiger partial charge in [-0.3, -0.25) is 25.2 Å². The molecule has 29 heavy (non-hydrogen) atoms. The molecule has 0 aliphatic heterocycles. The van der Waals surface area contributed by atoms with Gasteiger partial charge in [0.25, 0.3) is 17.7 Å². The first-order valence-electron chi connectivity index (χ1n) is 9.22. The summed E-state index contributed by atoms with van der Waals surface area (Å²) in [4.78, 5) is 35.8. The SMILES string of the molecule is CCOc1ccc(OC(C)C(=O)NNC(=O)CNC(=O)c2ccc(C)cc2)cc1. The standard InChI is InChI=1S/C21H25N3O5/c1-4-28-17-9-11-18(12-10-17)29-15(3)20(26)24-23-19(25)13-22-21(27)16-7-5-14(2)6-8-16/h5-12,15H,4,13H2,1-3H3,(H,22,27)(H,23,25)(H,24,26). The lowest BCUT2D eigenvalue weighted by Crippen LogP contribution is -2.50. The molecule has 8 nitrogen and oxygen atoms in total. The fraction of sp³-hybridized carbons (Fsp3) is 0.286. The maximum Gasteiger partial charge on any atom is 0.279 e. The number of amides is 3. The summed E-state index contributed by atoms with van der Waals surface area (Å²) in [5.74, 6) is -0.271. The largest absolute Gasteiger partial charge is 0.494 e. The first-order chi connectivity index (χ1) is 13.9. The van der Waals surface area contributed by atoms with E-state index in [1.54, 1.807) is 55.5 Å². The Morgan fingerprint density at radius 2 is 1.55 bits per heavy atom. The first-order valence-corrected chi connectivity index (χ1v) is 9.22. The molecule has 2 rings (SSSR count). The Balaban J connectivity index is 1.72. The van der Waals surface area contributed by atoms with Crippen molar-refractivity contribution in [3.8, 4) is 11.5 Å². The topological polar surface area (TPSA) is 106 Å². The van der Waals surface area contributed by atoms with Crippen molar-refractivity contribution in [2.24, 2.45) is 0 Å². The number of rotatable bonds is 8. The van der Waals surface area contributed by atoms with Gasteiger partial charge in [0.15, 0.2) is 6.10 Å². The van der Waals surface area contributed by atoms with Gasteiger partial charge in [0.2, 0.25) is 0 Å². The van der Waals surface area contributed by atoms with Gasteiger partial charge in [0.1, 0.15) is 11.5 Å². The zero-order valence-electron chi connectivity index (χ0n) is 16.7. The zero-order valence-corrected chi connectivity index (χ0v) is 16.7. The lowest BCUT2D eigenvalue weighted by Gasteiger charge is -2.15. The van der Waals surface area contributed by atoms with E-state index < -0.39 is 17.9 Å². The second kappa shape index (κ2) is 10.7. The second-order valence-electron chi connectivity index (χ2n) is 6.25. The number of benzene rings is 2. The normalized spacial score (nSPS) is 11.1. The van der Waals surface area contributed by atoms with Gasteiger partial charge in [0.05, 0.1) is 13.2 Å². The molecule has 0 aliphatic rings. The molecule has 0 bridgehead atoms. The number of hydrazine groups is 1. The van der Waals surface area contributed by atoms with Crippen LogP contribution < -0.4 is 25.6 Å². The Hall–Kier alpha value is -3.55. The fourth-order valence-electron chi connectivity index (χ4n) is 2.28. The van der Waals surface area contributed by atoms with Crippen molar-refractivity contribution >= 4 is 17.7 Å². The van der Waals surface area contributed by atoms with Crippen molar-refractivity contribution in [1.29, 1.82) is 0 Å². The molecule has 0 aromatic heterocycles. The lowest BCUT2D eigenvalue weighted by molar-refractivity contribution is -0.132. The number of carbonyl (C=O) groups is 3. The van der Waals surface area contributed by atoms with Crippen molar-refractivity contribution in [2.75, 3.05) is 13.2 Å². The third-order valence-corrected chi connectivity index (χ3v) is 3.87. The monoisotopic (exact) mass is 399 g/mol. The molecule has 3 amide bonds. The molecule has 0 heterocycles. The minimum Gasteiger partial charge on any atom is -0.494 e. The average Bonchev–Trinajstić information content (AvgIpc) is 2.72. The summed E-state index contributed by atoms with van der Waals surface area (Å²) in [7, 11) is 0. The van der Waals surface area contributed by atoms with Crippen LogP contribution in [0.25, 0.3) is 0 Å². The summed E-state index contributed by atoms with van der Waals surface area (Å²) in [6, 6.07) is 13.8. The van der Waals surface area contributed by atoms with Crippen LogP contribution in [0.15, 0.2) is 48.5 Å². The maximum absolute atomic E-state index is 12.0. The molecule has 0 aliphatic carbocycles. The number of carbonyl (C=O) groups excluding carboxylic acids is 3. The minimum atomic E-state index is -0.838. The molecule has 3 N–H and O–H groups in total. The molecule has 2 aromatic rings. The van der Waals surface area contributed by atoms with Gasteiger partial charge in [-0.2, -0.15) is 0 Å². The van der Waals surface area contributed by atoms with E-state index in [2.05, 4.69) is 16.2 Å². The highest BCUT2D eigenvalue weighted by molar-refractivity contribution is 5.96. The summed E-state index contributed by atoms with van der Waals surface area (Å²) in [5, 5.41) is 2.48. The number of nitrogens with one attached hydrogen (secondary N) is 3. The summed E-state index contributed by atoms with van der Waals surface area (Å²) in [5.41, 5.74) is 5.98. The quantitative estimate of drug-likeness (QED) is 0.587. The molecular weight excluding hydrogens is 374 g/mol. The van der Waals surface area contributed by atoms with E-state index in [4.69, 9.17) is 9.47 Å². The van der Waals surface area contributed by atoms with E-state index in [-0.39, 0.29) is 12.5 Å². The molecule has 0 spiro atoms. The van der Waals surface area contributed by atoms with Crippen LogP contribution in [0.3, 0.4) is 0 Å². The van der Waals surface area contributed by atoms with Crippen LogP contribution in [0.2, 0.25) is 0 Å². The Morgan fingerprint density at radius 1 is 0.931 bits per heavy atom. The van der Waals surface area contributed by atoms with Crippen LogP contribution in [0.5, 0.6) is 11.5 Å². The molecule has 0 radical (unpaired) electrons. The Morgan fingerprint density at radius 3 is 2.17 bits per heavy atom. The van der Waals surface area contributed by atoms with E-state index in [1.165, 1.54) is 0 Å². The van der Waals surface area contributed by atoms with E-state index in [0.717, 1.165) is 5.56 Å². The highest BCUT2D eigenvalue weighted by Gasteiger charge is 2.16. The van der Waals surface area contributed by atoms with Gasteiger partial charge in [-0.1, -0.05) is 17.7 Å². The zero-order chi connectivity index (χ0) is 21.2. The Kier molecular flexibility index (Phi) is 8.02. The van der Waals surface area contributed by atoms with Crippen molar-refractivity contribution in [1.82, 2.24) is 16.2 Å². The van der Waals surface area contributed by atoms with Gasteiger partial charge >= 0.3 is 0 Å². The van der Waals surface area contributed by atoms with Crippen LogP contribution in [-0.4, -0.2) is 37.0 Å². The second-order valence-corrected chi connectivity index (χ2v) is 6.25. The first kappa shape index (κ1) is 21.7. The molecule has 1 atom stereocenters. The van der Waals surface area contributed by atoms with Gasteiger partial charge in [-0.25, -0.2) is 0 Å². The maximum atomic E-state index is 12.0. The molecule has 154 valence electrons. The van der Waals surface area contributed by atoms with Gasteiger partial charge < -0.3 is 14.8 Å². The number of aryl methyl sites for hydroxylation is 1. The van der Waals surface area contributed by atoms with E-state index in [0.29, 0.717) is 23.7 Å². The Labute approximate surface area is 169 Å². The van der Waals surface area contributed by atoms with E-state index in [1.807, 2.05) is 13.8 Å². The Bertz CT molecular complexity index is 834. The van der Waals surface area contributed by atoms with Crippen LogP contribution in [-0.2, 0) is 9.59 Å².